The van der Waals surface area contributed by atoms with E-state index in [0.29, 0.717) is 19.0 Å². The van der Waals surface area contributed by atoms with Crippen molar-refractivity contribution in [2.75, 3.05) is 32.7 Å². The predicted molar refractivity (Wildman–Crippen MR) is 81.8 cm³/mol. The summed E-state index contributed by atoms with van der Waals surface area (Å²) in [6.45, 7) is 8.45. The molecule has 2 saturated heterocycles. The minimum Gasteiger partial charge on any atom is -0.302 e. The van der Waals surface area contributed by atoms with Crippen LogP contribution in [-0.2, 0) is 10.2 Å². The number of piperidine rings is 2. The van der Waals surface area contributed by atoms with Crippen LogP contribution < -0.4 is 4.72 Å². The lowest BCUT2D eigenvalue weighted by Crippen LogP contribution is -2.51. The molecule has 0 aromatic rings. The van der Waals surface area contributed by atoms with Crippen molar-refractivity contribution in [3.63, 3.8) is 0 Å². The van der Waals surface area contributed by atoms with E-state index in [0.717, 1.165) is 32.5 Å². The summed E-state index contributed by atoms with van der Waals surface area (Å²) in [6, 6.07) is -0.0182. The molecule has 2 heterocycles. The summed E-state index contributed by atoms with van der Waals surface area (Å²) in [5, 5.41) is 0. The van der Waals surface area contributed by atoms with Gasteiger partial charge >= 0.3 is 0 Å². The smallest absolute Gasteiger partial charge is 0.279 e. The van der Waals surface area contributed by atoms with Crippen LogP contribution in [0.4, 0.5) is 0 Å². The van der Waals surface area contributed by atoms with Gasteiger partial charge in [0.1, 0.15) is 0 Å². The van der Waals surface area contributed by atoms with Crippen LogP contribution in [0.1, 0.15) is 46.0 Å². The van der Waals surface area contributed by atoms with E-state index >= 15 is 0 Å². The van der Waals surface area contributed by atoms with Gasteiger partial charge in [-0.2, -0.15) is 17.4 Å². The van der Waals surface area contributed by atoms with Gasteiger partial charge in [-0.15, -0.1) is 0 Å². The van der Waals surface area contributed by atoms with Gasteiger partial charge in [0.05, 0.1) is 0 Å². The molecule has 0 unspecified atom stereocenters. The Morgan fingerprint density at radius 2 is 1.85 bits per heavy atom. The Balaban J connectivity index is 1.83. The summed E-state index contributed by atoms with van der Waals surface area (Å²) in [7, 11) is -3.31. The van der Waals surface area contributed by atoms with Gasteiger partial charge < -0.3 is 4.90 Å². The van der Waals surface area contributed by atoms with E-state index in [-0.39, 0.29) is 6.04 Å². The van der Waals surface area contributed by atoms with E-state index in [1.54, 1.807) is 4.31 Å². The summed E-state index contributed by atoms with van der Waals surface area (Å²) in [4.78, 5) is 2.37. The molecule has 2 fully saturated rings. The highest BCUT2D eigenvalue weighted by Gasteiger charge is 2.28. The average molecular weight is 303 g/mol. The average Bonchev–Trinajstić information content (AvgIpc) is 2.39. The Morgan fingerprint density at radius 1 is 1.15 bits per heavy atom. The first-order valence-corrected chi connectivity index (χ1v) is 9.41. The van der Waals surface area contributed by atoms with Gasteiger partial charge in [0, 0.05) is 25.7 Å². The van der Waals surface area contributed by atoms with Crippen LogP contribution in [0.3, 0.4) is 0 Å². The Hall–Kier alpha value is -0.170. The third kappa shape index (κ3) is 4.69. The maximum atomic E-state index is 12.4. The van der Waals surface area contributed by atoms with Crippen molar-refractivity contribution in [2.45, 2.75) is 52.0 Å². The zero-order valence-electron chi connectivity index (χ0n) is 12.8. The zero-order chi connectivity index (χ0) is 14.6. The lowest BCUT2D eigenvalue weighted by Gasteiger charge is -2.33. The predicted octanol–water partition coefficient (Wildman–Crippen LogP) is 1.43. The third-order valence-corrected chi connectivity index (χ3v) is 6.00. The van der Waals surface area contributed by atoms with Crippen LogP contribution >= 0.6 is 0 Å². The Morgan fingerprint density at radius 3 is 2.50 bits per heavy atom. The zero-order valence-corrected chi connectivity index (χ0v) is 13.7. The molecule has 6 heteroatoms. The SMILES string of the molecule is C[C@@H]1CCCN(S(=O)(=O)N[C@@H](C)CN2CCCCC2)C1. The quantitative estimate of drug-likeness (QED) is 0.836. The van der Waals surface area contributed by atoms with Crippen molar-refractivity contribution < 1.29 is 8.42 Å². The van der Waals surface area contributed by atoms with E-state index in [1.807, 2.05) is 6.92 Å². The van der Waals surface area contributed by atoms with Crippen molar-refractivity contribution in [3.8, 4) is 0 Å². The molecule has 2 aliphatic rings. The molecule has 0 aromatic carbocycles. The highest BCUT2D eigenvalue weighted by Crippen LogP contribution is 2.18. The van der Waals surface area contributed by atoms with Gasteiger partial charge in [0.2, 0.25) is 0 Å². The molecule has 0 spiro atoms. The molecule has 1 N–H and O–H groups in total. The molecule has 118 valence electrons. The molecule has 0 radical (unpaired) electrons. The summed E-state index contributed by atoms with van der Waals surface area (Å²) >= 11 is 0. The number of nitrogens with one attached hydrogen (secondary N) is 1. The van der Waals surface area contributed by atoms with Crippen LogP contribution in [0, 0.1) is 5.92 Å². The first-order valence-electron chi connectivity index (χ1n) is 7.97. The molecule has 0 amide bonds. The van der Waals surface area contributed by atoms with Crippen LogP contribution in [-0.4, -0.2) is 56.4 Å². The van der Waals surface area contributed by atoms with E-state index < -0.39 is 10.2 Å². The lowest BCUT2D eigenvalue weighted by molar-refractivity contribution is 0.213. The fourth-order valence-electron chi connectivity index (χ4n) is 3.26. The van der Waals surface area contributed by atoms with Gasteiger partial charge in [0.15, 0.2) is 0 Å². The number of likely N-dealkylation sites (tertiary alicyclic amines) is 1. The van der Waals surface area contributed by atoms with Gasteiger partial charge in [-0.25, -0.2) is 0 Å². The Bertz CT molecular complexity index is 393. The summed E-state index contributed by atoms with van der Waals surface area (Å²) in [5.41, 5.74) is 0. The van der Waals surface area contributed by atoms with Crippen molar-refractivity contribution in [3.05, 3.63) is 0 Å². The minimum absolute atomic E-state index is 0.0182. The van der Waals surface area contributed by atoms with E-state index in [9.17, 15) is 8.42 Å². The normalized spacial score (nSPS) is 28.4. The topological polar surface area (TPSA) is 52.7 Å². The van der Waals surface area contributed by atoms with Gasteiger partial charge in [-0.1, -0.05) is 13.3 Å². The monoisotopic (exact) mass is 303 g/mol. The van der Waals surface area contributed by atoms with Crippen molar-refractivity contribution >= 4 is 10.2 Å². The molecular formula is C14H29N3O2S. The highest BCUT2D eigenvalue weighted by molar-refractivity contribution is 7.87. The van der Waals surface area contributed by atoms with Gasteiger partial charge in [0.25, 0.3) is 10.2 Å². The van der Waals surface area contributed by atoms with Crippen molar-refractivity contribution in [1.82, 2.24) is 13.9 Å². The largest absolute Gasteiger partial charge is 0.302 e. The van der Waals surface area contributed by atoms with Crippen LogP contribution in [0.5, 0.6) is 0 Å². The lowest BCUT2D eigenvalue weighted by atomic mass is 10.0. The number of nitrogens with zero attached hydrogens (tertiary/aromatic N) is 2. The molecule has 0 aromatic heterocycles. The molecule has 2 aliphatic heterocycles. The highest BCUT2D eigenvalue weighted by atomic mass is 32.2. The fraction of sp³-hybridized carbons (Fsp3) is 1.00. The molecule has 20 heavy (non-hydrogen) atoms. The molecule has 2 rings (SSSR count). The third-order valence-electron chi connectivity index (χ3n) is 4.29. The standard InChI is InChI=1S/C14H29N3O2S/c1-13-7-6-10-17(11-13)20(18,19)15-14(2)12-16-8-4-3-5-9-16/h13-15H,3-12H2,1-2H3/t13-,14+/m1/s1. The maximum Gasteiger partial charge on any atom is 0.279 e. The Kier molecular flexibility index (Phi) is 5.84. The Labute approximate surface area is 123 Å². The van der Waals surface area contributed by atoms with Gasteiger partial charge in [-0.05, 0) is 51.6 Å². The first kappa shape index (κ1) is 16.2. The van der Waals surface area contributed by atoms with Crippen LogP contribution in [0.2, 0.25) is 0 Å². The van der Waals surface area contributed by atoms with Crippen LogP contribution in [0.15, 0.2) is 0 Å². The molecule has 0 aliphatic carbocycles. The number of hydrogen-bond acceptors (Lipinski definition) is 3. The second kappa shape index (κ2) is 7.20. The van der Waals surface area contributed by atoms with Gasteiger partial charge in [-0.3, -0.25) is 0 Å². The van der Waals surface area contributed by atoms with E-state index in [2.05, 4.69) is 16.5 Å². The van der Waals surface area contributed by atoms with Crippen molar-refractivity contribution in [1.29, 1.82) is 0 Å². The van der Waals surface area contributed by atoms with Crippen molar-refractivity contribution in [2.24, 2.45) is 5.92 Å². The number of hydrogen-bond donors (Lipinski definition) is 1. The summed E-state index contributed by atoms with van der Waals surface area (Å²) in [5.74, 6) is 0.470. The van der Waals surface area contributed by atoms with E-state index in [1.165, 1.54) is 19.3 Å². The van der Waals surface area contributed by atoms with E-state index in [4.69, 9.17) is 0 Å². The van der Waals surface area contributed by atoms with Crippen LogP contribution in [0.25, 0.3) is 0 Å². The molecule has 2 atom stereocenters. The molecular weight excluding hydrogens is 274 g/mol. The summed E-state index contributed by atoms with van der Waals surface area (Å²) < 4.78 is 29.2. The fourth-order valence-corrected chi connectivity index (χ4v) is 4.81. The maximum absolute atomic E-state index is 12.4. The minimum atomic E-state index is -3.31. The number of rotatable bonds is 5. The first-order chi connectivity index (χ1) is 9.47. The molecule has 0 saturated carbocycles. The molecule has 5 nitrogen and oxygen atoms in total. The molecule has 0 bridgehead atoms. The second-order valence-corrected chi connectivity index (χ2v) is 8.19. The summed E-state index contributed by atoms with van der Waals surface area (Å²) in [6.07, 6.45) is 5.90. The second-order valence-electron chi connectivity index (χ2n) is 6.49.